The number of anilines is 1. The fourth-order valence-corrected chi connectivity index (χ4v) is 3.87. The second-order valence-corrected chi connectivity index (χ2v) is 7.49. The summed E-state index contributed by atoms with van der Waals surface area (Å²) in [4.78, 5) is 12.1. The predicted octanol–water partition coefficient (Wildman–Crippen LogP) is 5.00. The van der Waals surface area contributed by atoms with Gasteiger partial charge >= 0.3 is 6.09 Å². The van der Waals surface area contributed by atoms with Crippen LogP contribution in [0.2, 0.25) is 0 Å². The van der Waals surface area contributed by atoms with E-state index in [1.807, 2.05) is 31.2 Å². The molecule has 3 aromatic rings. The Bertz CT molecular complexity index is 1150. The van der Waals surface area contributed by atoms with Gasteiger partial charge in [-0.25, -0.2) is 9.18 Å². The van der Waals surface area contributed by atoms with Gasteiger partial charge in [0.15, 0.2) is 0 Å². The van der Waals surface area contributed by atoms with E-state index in [0.29, 0.717) is 18.5 Å². The Morgan fingerprint density at radius 2 is 1.74 bits per heavy atom. The number of nitrogens with one attached hydrogen (secondary N) is 1. The van der Waals surface area contributed by atoms with Crippen LogP contribution in [0.3, 0.4) is 0 Å². The summed E-state index contributed by atoms with van der Waals surface area (Å²) in [7, 11) is 0. The van der Waals surface area contributed by atoms with E-state index < -0.39 is 11.9 Å². The number of amides is 1. The molecule has 1 amide bonds. The molecule has 4 nitrogen and oxygen atoms in total. The van der Waals surface area contributed by atoms with Crippen molar-refractivity contribution in [3.63, 3.8) is 0 Å². The van der Waals surface area contributed by atoms with Crippen molar-refractivity contribution in [3.8, 4) is 23.0 Å². The maximum atomic E-state index is 13.6. The molecule has 0 radical (unpaired) electrons. The second kappa shape index (κ2) is 8.93. The first kappa shape index (κ1) is 20.5. The Hall–Kier alpha value is -3.78. The number of nitrogens with two attached hydrogens (primary N) is 1. The Morgan fingerprint density at radius 3 is 2.42 bits per heavy atom. The van der Waals surface area contributed by atoms with Crippen molar-refractivity contribution in [2.75, 3.05) is 18.9 Å². The Labute approximate surface area is 181 Å². The topological polar surface area (TPSA) is 64.3 Å². The number of carbonyl (C=O) groups excluding carboxylic acids is 1. The Balaban J connectivity index is 1.30. The first-order valence-electron chi connectivity index (χ1n) is 10.2. The number of ether oxygens (including phenoxy) is 1. The molecular formula is C26H23FN2O2. The third-order valence-corrected chi connectivity index (χ3v) is 5.43. The van der Waals surface area contributed by atoms with Crippen molar-refractivity contribution in [1.82, 2.24) is 5.32 Å². The summed E-state index contributed by atoms with van der Waals surface area (Å²) in [6, 6.07) is 19.3. The summed E-state index contributed by atoms with van der Waals surface area (Å²) < 4.78 is 19.1. The molecule has 1 aliphatic carbocycles. The lowest BCUT2D eigenvalue weighted by Crippen LogP contribution is -2.26. The third kappa shape index (κ3) is 4.39. The number of hydrogen-bond acceptors (Lipinski definition) is 3. The molecule has 0 aromatic heterocycles. The van der Waals surface area contributed by atoms with Crippen LogP contribution in [-0.2, 0) is 4.74 Å². The van der Waals surface area contributed by atoms with Crippen LogP contribution in [0.15, 0.2) is 60.7 Å². The van der Waals surface area contributed by atoms with Gasteiger partial charge in [-0.3, -0.25) is 0 Å². The minimum absolute atomic E-state index is 0.0290. The summed E-state index contributed by atoms with van der Waals surface area (Å²) >= 11 is 0. The van der Waals surface area contributed by atoms with Crippen molar-refractivity contribution in [2.45, 2.75) is 19.3 Å². The minimum atomic E-state index is -0.480. The average Bonchev–Trinajstić information content (AvgIpc) is 3.09. The molecule has 1 aliphatic rings. The highest BCUT2D eigenvalue weighted by molar-refractivity contribution is 5.79. The number of aryl methyl sites for hydroxylation is 1. The van der Waals surface area contributed by atoms with Crippen LogP contribution in [0.1, 0.15) is 34.6 Å². The van der Waals surface area contributed by atoms with Gasteiger partial charge in [-0.15, -0.1) is 0 Å². The molecule has 0 saturated carbocycles. The number of hydrogen-bond donors (Lipinski definition) is 2. The highest BCUT2D eigenvalue weighted by atomic mass is 19.1. The number of fused-ring (bicyclic) bond motifs is 3. The SMILES string of the molecule is Cc1cc(N)c(F)cc1C#CCCNC(=O)OCC1c2ccccc2-c2ccccc21. The molecule has 0 atom stereocenters. The fraction of sp³-hybridized carbons (Fsp3) is 0.192. The number of nitrogen functional groups attached to an aromatic ring is 1. The first-order valence-corrected chi connectivity index (χ1v) is 10.2. The largest absolute Gasteiger partial charge is 0.449 e. The molecule has 0 heterocycles. The molecular weight excluding hydrogens is 391 g/mol. The Kier molecular flexibility index (Phi) is 5.90. The van der Waals surface area contributed by atoms with E-state index in [4.69, 9.17) is 10.5 Å². The molecule has 0 fully saturated rings. The van der Waals surface area contributed by atoms with Gasteiger partial charge in [0.25, 0.3) is 0 Å². The van der Waals surface area contributed by atoms with E-state index in [2.05, 4.69) is 41.4 Å². The van der Waals surface area contributed by atoms with E-state index in [0.717, 1.165) is 5.56 Å². The molecule has 0 unspecified atom stereocenters. The lowest BCUT2D eigenvalue weighted by atomic mass is 9.98. The van der Waals surface area contributed by atoms with Crippen molar-refractivity contribution in [2.24, 2.45) is 0 Å². The monoisotopic (exact) mass is 414 g/mol. The number of benzene rings is 3. The molecule has 0 bridgehead atoms. The molecule has 0 spiro atoms. The van der Waals surface area contributed by atoms with Gasteiger partial charge < -0.3 is 15.8 Å². The summed E-state index contributed by atoms with van der Waals surface area (Å²) in [5.74, 6) is 5.40. The van der Waals surface area contributed by atoms with Gasteiger partial charge in [0.05, 0.1) is 5.69 Å². The maximum absolute atomic E-state index is 13.6. The van der Waals surface area contributed by atoms with E-state index in [9.17, 15) is 9.18 Å². The normalized spacial score (nSPS) is 11.8. The van der Waals surface area contributed by atoms with Crippen molar-refractivity contribution in [1.29, 1.82) is 0 Å². The lowest BCUT2D eigenvalue weighted by molar-refractivity contribution is 0.143. The smallest absolute Gasteiger partial charge is 0.407 e. The standard InChI is InChI=1S/C26H23FN2O2/c1-17-14-25(28)24(27)15-18(17)8-6-7-13-29-26(30)31-16-23-21-11-4-2-9-19(21)20-10-3-5-12-22(20)23/h2-5,9-12,14-15,23H,7,13,16,28H2,1H3,(H,29,30). The first-order chi connectivity index (χ1) is 15.0. The van der Waals surface area contributed by atoms with Crippen LogP contribution in [-0.4, -0.2) is 19.2 Å². The van der Waals surface area contributed by atoms with Crippen LogP contribution >= 0.6 is 0 Å². The van der Waals surface area contributed by atoms with Crippen molar-refractivity contribution >= 4 is 11.8 Å². The van der Waals surface area contributed by atoms with E-state index >= 15 is 0 Å². The van der Waals surface area contributed by atoms with Crippen LogP contribution in [0, 0.1) is 24.6 Å². The fourth-order valence-electron chi connectivity index (χ4n) is 3.87. The van der Waals surface area contributed by atoms with Crippen LogP contribution in [0.4, 0.5) is 14.9 Å². The van der Waals surface area contributed by atoms with Gasteiger partial charge in [-0.2, -0.15) is 0 Å². The summed E-state index contributed by atoms with van der Waals surface area (Å²) in [5.41, 5.74) is 11.8. The predicted molar refractivity (Wildman–Crippen MR) is 120 cm³/mol. The molecule has 0 aliphatic heterocycles. The zero-order valence-corrected chi connectivity index (χ0v) is 17.2. The zero-order chi connectivity index (χ0) is 21.8. The third-order valence-electron chi connectivity index (χ3n) is 5.43. The quantitative estimate of drug-likeness (QED) is 0.359. The molecule has 31 heavy (non-hydrogen) atoms. The van der Waals surface area contributed by atoms with Gasteiger partial charge in [0.1, 0.15) is 12.4 Å². The molecule has 5 heteroatoms. The van der Waals surface area contributed by atoms with E-state index in [-0.39, 0.29) is 18.2 Å². The van der Waals surface area contributed by atoms with Crippen molar-refractivity contribution in [3.05, 3.63) is 88.7 Å². The molecule has 3 N–H and O–H groups in total. The molecule has 3 aromatic carbocycles. The number of halogens is 1. The van der Waals surface area contributed by atoms with Crippen molar-refractivity contribution < 1.29 is 13.9 Å². The summed E-state index contributed by atoms with van der Waals surface area (Å²) in [6.45, 7) is 2.45. The van der Waals surface area contributed by atoms with Gasteiger partial charge in [0, 0.05) is 24.4 Å². The minimum Gasteiger partial charge on any atom is -0.449 e. The van der Waals surface area contributed by atoms with Crippen LogP contribution < -0.4 is 11.1 Å². The molecule has 4 rings (SSSR count). The number of alkyl carbamates (subject to hydrolysis) is 1. The summed E-state index contributed by atoms with van der Waals surface area (Å²) in [6.07, 6.45) is -0.0475. The van der Waals surface area contributed by atoms with Crippen LogP contribution in [0.25, 0.3) is 11.1 Å². The van der Waals surface area contributed by atoms with E-state index in [1.165, 1.54) is 28.3 Å². The number of carbonyl (C=O) groups is 1. The summed E-state index contributed by atoms with van der Waals surface area (Å²) in [5, 5.41) is 2.72. The van der Waals surface area contributed by atoms with Gasteiger partial charge in [0.2, 0.25) is 0 Å². The van der Waals surface area contributed by atoms with Crippen LogP contribution in [0.5, 0.6) is 0 Å². The highest BCUT2D eigenvalue weighted by Crippen LogP contribution is 2.44. The zero-order valence-electron chi connectivity index (χ0n) is 17.2. The Morgan fingerprint density at radius 1 is 1.10 bits per heavy atom. The molecule has 0 saturated heterocycles. The maximum Gasteiger partial charge on any atom is 0.407 e. The number of rotatable bonds is 4. The van der Waals surface area contributed by atoms with E-state index in [1.54, 1.807) is 6.07 Å². The molecule has 156 valence electrons. The second-order valence-electron chi connectivity index (χ2n) is 7.49. The average molecular weight is 414 g/mol. The lowest BCUT2D eigenvalue weighted by Gasteiger charge is -2.14. The van der Waals surface area contributed by atoms with Gasteiger partial charge in [-0.1, -0.05) is 60.4 Å². The van der Waals surface area contributed by atoms with Gasteiger partial charge in [-0.05, 0) is 46.9 Å². The highest BCUT2D eigenvalue weighted by Gasteiger charge is 2.28.